The minimum Gasteiger partial charge on any atom is -0.490 e. The maximum Gasteiger partial charge on any atom is 0.325 e. The number of aryl methyl sites for hydroxylation is 3. The summed E-state index contributed by atoms with van der Waals surface area (Å²) in [6.07, 6.45) is 3.78. The molecule has 228 valence electrons. The van der Waals surface area contributed by atoms with Crippen LogP contribution >= 0.6 is 0 Å². The molecule has 1 saturated heterocycles. The molecule has 2 aromatic carbocycles. The van der Waals surface area contributed by atoms with E-state index in [2.05, 4.69) is 5.32 Å². The maximum atomic E-state index is 14.0. The number of ether oxygens (including phenoxy) is 2. The molecule has 3 amide bonds. The van der Waals surface area contributed by atoms with E-state index in [9.17, 15) is 23.9 Å². The second kappa shape index (κ2) is 11.5. The Bertz CT molecular complexity index is 1610. The first kappa shape index (κ1) is 30.3. The van der Waals surface area contributed by atoms with Crippen LogP contribution in [0.1, 0.15) is 63.1 Å². The van der Waals surface area contributed by atoms with Crippen molar-refractivity contribution in [2.45, 2.75) is 84.1 Å². The lowest BCUT2D eigenvalue weighted by Crippen LogP contribution is -2.44. The van der Waals surface area contributed by atoms with Crippen molar-refractivity contribution >= 4 is 11.9 Å². The molecule has 1 atom stereocenters. The van der Waals surface area contributed by atoms with Crippen molar-refractivity contribution in [3.63, 3.8) is 0 Å². The highest BCUT2D eigenvalue weighted by Crippen LogP contribution is 2.42. The molecule has 3 aromatic rings. The van der Waals surface area contributed by atoms with Crippen LogP contribution in [0.2, 0.25) is 0 Å². The number of pyridine rings is 1. The minimum absolute atomic E-state index is 0.203. The van der Waals surface area contributed by atoms with Gasteiger partial charge in [0, 0.05) is 36.5 Å². The van der Waals surface area contributed by atoms with Crippen molar-refractivity contribution in [3.05, 3.63) is 75.5 Å². The molecule has 2 aliphatic rings. The summed E-state index contributed by atoms with van der Waals surface area (Å²) in [7, 11) is 1.65. The summed E-state index contributed by atoms with van der Waals surface area (Å²) in [5.74, 6) is 0.756. The van der Waals surface area contributed by atoms with Gasteiger partial charge in [0.1, 0.15) is 29.1 Å². The number of carbonyl (C=O) groups is 2. The van der Waals surface area contributed by atoms with Crippen LogP contribution in [0.5, 0.6) is 17.2 Å². The minimum atomic E-state index is -1.16. The third-order valence-electron chi connectivity index (χ3n) is 8.27. The van der Waals surface area contributed by atoms with Gasteiger partial charge < -0.3 is 24.5 Å². The third-order valence-corrected chi connectivity index (χ3v) is 8.27. The number of aromatic nitrogens is 1. The van der Waals surface area contributed by atoms with Gasteiger partial charge in [-0.3, -0.25) is 14.5 Å². The van der Waals surface area contributed by atoms with Gasteiger partial charge in [-0.05, 0) is 101 Å². The smallest absolute Gasteiger partial charge is 0.325 e. The second-order valence-corrected chi connectivity index (χ2v) is 12.2. The zero-order valence-corrected chi connectivity index (χ0v) is 25.4. The highest BCUT2D eigenvalue weighted by atomic mass is 19.1. The Balaban J connectivity index is 1.50. The van der Waals surface area contributed by atoms with Crippen LogP contribution in [-0.2, 0) is 17.4 Å². The highest BCUT2D eigenvalue weighted by molar-refractivity contribution is 6.04. The fourth-order valence-corrected chi connectivity index (χ4v) is 5.86. The zero-order valence-electron chi connectivity index (χ0n) is 25.4. The molecule has 1 aliphatic heterocycles. The van der Waals surface area contributed by atoms with Crippen LogP contribution in [0.15, 0.2) is 47.4 Å². The molecule has 1 saturated carbocycles. The summed E-state index contributed by atoms with van der Waals surface area (Å²) in [4.78, 5) is 39.0. The van der Waals surface area contributed by atoms with Gasteiger partial charge in [-0.25, -0.2) is 9.18 Å². The molecule has 2 fully saturated rings. The van der Waals surface area contributed by atoms with E-state index in [4.69, 9.17) is 9.47 Å². The predicted molar refractivity (Wildman–Crippen MR) is 160 cm³/mol. The first-order chi connectivity index (χ1) is 20.2. The molecule has 0 spiro atoms. The Hall–Kier alpha value is -4.18. The van der Waals surface area contributed by atoms with Crippen molar-refractivity contribution in [1.82, 2.24) is 14.8 Å². The van der Waals surface area contributed by atoms with Gasteiger partial charge >= 0.3 is 6.03 Å². The van der Waals surface area contributed by atoms with E-state index < -0.39 is 11.6 Å². The van der Waals surface area contributed by atoms with Crippen molar-refractivity contribution < 1.29 is 28.6 Å². The van der Waals surface area contributed by atoms with Crippen LogP contribution in [0.3, 0.4) is 0 Å². The third kappa shape index (κ3) is 6.15. The monoisotopic (exact) mass is 591 g/mol. The maximum absolute atomic E-state index is 14.0. The van der Waals surface area contributed by atoms with E-state index in [0.717, 1.165) is 0 Å². The van der Waals surface area contributed by atoms with Gasteiger partial charge in [0.15, 0.2) is 0 Å². The molecule has 0 radical (unpaired) electrons. The molecule has 5 rings (SSSR count). The fourth-order valence-electron chi connectivity index (χ4n) is 5.86. The Labute approximate surface area is 250 Å². The number of amides is 3. The van der Waals surface area contributed by atoms with Crippen LogP contribution in [0.4, 0.5) is 9.18 Å². The lowest BCUT2D eigenvalue weighted by atomic mass is 9.91. The molecule has 0 unspecified atom stereocenters. The molecular weight excluding hydrogens is 553 g/mol. The fraction of sp³-hybridized carbons (Fsp3) is 0.424. The van der Waals surface area contributed by atoms with Crippen LogP contribution in [0.25, 0.3) is 11.1 Å². The molecule has 0 bridgehead atoms. The van der Waals surface area contributed by atoms with Gasteiger partial charge in [-0.2, -0.15) is 0 Å². The van der Waals surface area contributed by atoms with Crippen LogP contribution in [0, 0.1) is 19.7 Å². The van der Waals surface area contributed by atoms with Crippen LogP contribution in [-0.4, -0.2) is 44.7 Å². The number of hydrogen-bond donors (Lipinski definition) is 2. The van der Waals surface area contributed by atoms with E-state index in [1.54, 1.807) is 60.0 Å². The Morgan fingerprint density at radius 2 is 1.60 bits per heavy atom. The second-order valence-electron chi connectivity index (χ2n) is 12.2. The SMILES string of the molecule is Cc1cc(F)cc(C)c1Oc1ccc(C(C)(C)O)cc1-c1cn(C)c(=O)cc1O[C@H]1CC[C@H](N2C(=O)N[C@@H](C)C2=O)CC1. The standard InChI is InChI=1S/C33H38FN3O6/c1-18-13-22(34)14-19(2)30(18)43-27-12-7-21(33(4,5)41)15-25(27)26-17-36(6)29(38)16-28(26)42-24-10-8-23(9-11-24)37-31(39)20(3)35-32(37)40/h7,12-17,20,23-24,41H,8-11H2,1-6H3,(H,35,40)/t20-,23-,24-/m0/s1. The normalized spacial score (nSPS) is 20.7. The number of nitrogens with one attached hydrogen (secondary N) is 1. The number of imide groups is 1. The summed E-state index contributed by atoms with van der Waals surface area (Å²) in [5, 5.41) is 13.5. The van der Waals surface area contributed by atoms with Gasteiger partial charge in [-0.1, -0.05) is 6.07 Å². The summed E-state index contributed by atoms with van der Waals surface area (Å²) >= 11 is 0. The molecular formula is C33H38FN3O6. The first-order valence-electron chi connectivity index (χ1n) is 14.6. The number of hydrogen-bond acceptors (Lipinski definition) is 6. The molecule has 2 heterocycles. The first-order valence-corrected chi connectivity index (χ1v) is 14.6. The number of halogens is 1. The van der Waals surface area contributed by atoms with E-state index in [0.29, 0.717) is 70.7 Å². The van der Waals surface area contributed by atoms with Gasteiger partial charge in [0.25, 0.3) is 11.5 Å². The molecule has 1 aromatic heterocycles. The van der Waals surface area contributed by atoms with Crippen molar-refractivity contribution in [2.75, 3.05) is 0 Å². The number of urea groups is 1. The number of carbonyl (C=O) groups excluding carboxylic acids is 2. The van der Waals surface area contributed by atoms with Crippen molar-refractivity contribution in [1.29, 1.82) is 0 Å². The number of rotatable bonds is 7. The summed E-state index contributed by atoms with van der Waals surface area (Å²) in [6, 6.07) is 8.50. The lowest BCUT2D eigenvalue weighted by molar-refractivity contribution is -0.129. The average Bonchev–Trinajstić information content (AvgIpc) is 3.18. The number of nitrogens with zero attached hydrogens (tertiary/aromatic N) is 2. The lowest BCUT2D eigenvalue weighted by Gasteiger charge is -2.33. The molecule has 9 nitrogen and oxygen atoms in total. The van der Waals surface area contributed by atoms with E-state index in [1.165, 1.54) is 27.7 Å². The largest absolute Gasteiger partial charge is 0.490 e. The van der Waals surface area contributed by atoms with E-state index >= 15 is 0 Å². The quantitative estimate of drug-likeness (QED) is 0.353. The molecule has 43 heavy (non-hydrogen) atoms. The summed E-state index contributed by atoms with van der Waals surface area (Å²) in [5.41, 5.74) is 1.65. The summed E-state index contributed by atoms with van der Waals surface area (Å²) in [6.45, 7) is 8.59. The highest BCUT2D eigenvalue weighted by Gasteiger charge is 2.41. The number of benzene rings is 2. The van der Waals surface area contributed by atoms with E-state index in [-0.39, 0.29) is 35.5 Å². The van der Waals surface area contributed by atoms with E-state index in [1.807, 2.05) is 6.07 Å². The molecule has 1 aliphatic carbocycles. The summed E-state index contributed by atoms with van der Waals surface area (Å²) < 4.78 is 28.3. The van der Waals surface area contributed by atoms with Gasteiger partial charge in [-0.15, -0.1) is 0 Å². The topological polar surface area (TPSA) is 110 Å². The number of aliphatic hydroxyl groups is 1. The van der Waals surface area contributed by atoms with Gasteiger partial charge in [0.2, 0.25) is 0 Å². The predicted octanol–water partition coefficient (Wildman–Crippen LogP) is 5.46. The zero-order chi connectivity index (χ0) is 31.2. The van der Waals surface area contributed by atoms with Gasteiger partial charge in [0.05, 0.1) is 11.7 Å². The van der Waals surface area contributed by atoms with Crippen LogP contribution < -0.4 is 20.3 Å². The Morgan fingerprint density at radius 3 is 2.19 bits per heavy atom. The molecule has 2 N–H and O–H groups in total. The molecule has 10 heteroatoms. The Kier molecular flexibility index (Phi) is 8.09. The average molecular weight is 592 g/mol. The van der Waals surface area contributed by atoms with Crippen molar-refractivity contribution in [2.24, 2.45) is 7.05 Å². The van der Waals surface area contributed by atoms with Crippen molar-refractivity contribution in [3.8, 4) is 28.4 Å². The Morgan fingerprint density at radius 1 is 0.953 bits per heavy atom.